The molecule has 5 rings (SSSR count). The fourth-order valence-electron chi connectivity index (χ4n) is 4.40. The molecule has 4 aromatic rings. The van der Waals surface area contributed by atoms with Gasteiger partial charge in [-0.25, -0.2) is 4.79 Å². The van der Waals surface area contributed by atoms with Gasteiger partial charge in [0.2, 0.25) is 11.1 Å². The minimum Gasteiger partial charge on any atom is -0.372 e. The smallest absolute Gasteiger partial charge is 0.329 e. The van der Waals surface area contributed by atoms with Crippen LogP contribution in [0.5, 0.6) is 0 Å². The lowest BCUT2D eigenvalue weighted by Gasteiger charge is -2.36. The van der Waals surface area contributed by atoms with E-state index in [0.29, 0.717) is 41.9 Å². The minimum atomic E-state index is -0.481. The predicted octanol–water partition coefficient (Wildman–Crippen LogP) is 1.20. The second kappa shape index (κ2) is 9.66. The number of aromatic nitrogens is 8. The van der Waals surface area contributed by atoms with Crippen molar-refractivity contribution in [3.8, 4) is 5.69 Å². The van der Waals surface area contributed by atoms with E-state index in [1.807, 2.05) is 48.7 Å². The molecule has 1 aliphatic rings. The van der Waals surface area contributed by atoms with Gasteiger partial charge in [-0.3, -0.25) is 14.3 Å². The number of hydrogen-bond acceptors (Lipinski definition) is 9. The largest absolute Gasteiger partial charge is 0.372 e. The highest BCUT2D eigenvalue weighted by atomic mass is 32.2. The van der Waals surface area contributed by atoms with Crippen molar-refractivity contribution in [2.45, 2.75) is 44.2 Å². The van der Waals surface area contributed by atoms with Crippen molar-refractivity contribution in [3.63, 3.8) is 0 Å². The zero-order chi connectivity index (χ0) is 24.5. The SMILES string of the molecule is C[C@@H]1CN(c2nc3c(c(=O)[nH]c(=O)n3C)n2CCCSc2nnnn2-c2ccccc2)C[C@H](C)O1. The zero-order valence-corrected chi connectivity index (χ0v) is 20.6. The van der Waals surface area contributed by atoms with Crippen LogP contribution in [0.15, 0.2) is 45.1 Å². The van der Waals surface area contributed by atoms with Crippen LogP contribution in [-0.2, 0) is 18.3 Å². The molecule has 1 fully saturated rings. The molecule has 2 atom stereocenters. The molecule has 3 aromatic heterocycles. The zero-order valence-electron chi connectivity index (χ0n) is 19.8. The van der Waals surface area contributed by atoms with Crippen LogP contribution >= 0.6 is 11.8 Å². The number of tetrazole rings is 1. The topological polar surface area (TPSA) is 129 Å². The fourth-order valence-corrected chi connectivity index (χ4v) is 5.22. The van der Waals surface area contributed by atoms with Crippen molar-refractivity contribution < 1.29 is 4.74 Å². The van der Waals surface area contributed by atoms with Gasteiger partial charge in [0.1, 0.15) is 0 Å². The van der Waals surface area contributed by atoms with Gasteiger partial charge < -0.3 is 14.2 Å². The molecule has 0 saturated carbocycles. The summed E-state index contributed by atoms with van der Waals surface area (Å²) in [5.74, 6) is 1.40. The number of morpholine rings is 1. The Hall–Kier alpha value is -3.45. The summed E-state index contributed by atoms with van der Waals surface area (Å²) in [6.45, 7) is 5.89. The summed E-state index contributed by atoms with van der Waals surface area (Å²) >= 11 is 1.55. The summed E-state index contributed by atoms with van der Waals surface area (Å²) in [4.78, 5) is 34.3. The summed E-state index contributed by atoms with van der Waals surface area (Å²) in [7, 11) is 1.62. The van der Waals surface area contributed by atoms with Crippen molar-refractivity contribution in [2.24, 2.45) is 7.05 Å². The van der Waals surface area contributed by atoms with E-state index < -0.39 is 11.2 Å². The Morgan fingerprint density at radius 2 is 1.89 bits per heavy atom. The van der Waals surface area contributed by atoms with Crippen molar-refractivity contribution in [1.29, 1.82) is 0 Å². The molecule has 35 heavy (non-hydrogen) atoms. The molecule has 4 heterocycles. The second-order valence-corrected chi connectivity index (χ2v) is 9.69. The third-order valence-corrected chi connectivity index (χ3v) is 6.89. The molecule has 0 aliphatic carbocycles. The van der Waals surface area contributed by atoms with Crippen LogP contribution in [-0.4, -0.2) is 70.4 Å². The maximum absolute atomic E-state index is 12.8. The van der Waals surface area contributed by atoms with Crippen LogP contribution in [0.4, 0.5) is 5.95 Å². The molecule has 0 bridgehead atoms. The Bertz CT molecular complexity index is 1430. The molecule has 1 aromatic carbocycles. The standard InChI is InChI=1S/C22H27N9O3S/c1-14-12-29(13-15(2)34-14)20-23-18-17(19(32)24-21(33)28(18)3)30(20)10-7-11-35-22-25-26-27-31(22)16-8-5-4-6-9-16/h4-6,8-9,14-15H,7,10-13H2,1-3H3,(H,24,32,33)/t14-,15+. The van der Waals surface area contributed by atoms with Gasteiger partial charge in [-0.1, -0.05) is 30.0 Å². The average molecular weight is 498 g/mol. The van der Waals surface area contributed by atoms with Gasteiger partial charge in [0.05, 0.1) is 17.9 Å². The number of ether oxygens (including phenoxy) is 1. The quantitative estimate of drug-likeness (QED) is 0.296. The van der Waals surface area contributed by atoms with Gasteiger partial charge in [0.15, 0.2) is 11.2 Å². The third-order valence-electron chi connectivity index (χ3n) is 5.89. The Kier molecular flexibility index (Phi) is 6.43. The first-order valence-electron chi connectivity index (χ1n) is 11.5. The molecule has 13 heteroatoms. The van der Waals surface area contributed by atoms with Crippen molar-refractivity contribution in [1.82, 2.24) is 39.3 Å². The van der Waals surface area contributed by atoms with E-state index in [2.05, 4.69) is 25.4 Å². The Morgan fingerprint density at radius 1 is 1.14 bits per heavy atom. The number of nitrogens with one attached hydrogen (secondary N) is 1. The normalized spacial score (nSPS) is 18.4. The molecule has 184 valence electrons. The predicted molar refractivity (Wildman–Crippen MR) is 132 cm³/mol. The molecule has 0 unspecified atom stereocenters. The molecule has 1 aliphatic heterocycles. The van der Waals surface area contributed by atoms with Gasteiger partial charge in [0, 0.05) is 32.4 Å². The van der Waals surface area contributed by atoms with Gasteiger partial charge in [-0.2, -0.15) is 9.67 Å². The first-order chi connectivity index (χ1) is 16.9. The minimum absolute atomic E-state index is 0.0292. The third kappa shape index (κ3) is 4.60. The van der Waals surface area contributed by atoms with Gasteiger partial charge in [-0.15, -0.1) is 5.10 Å². The number of aromatic amines is 1. The second-order valence-electron chi connectivity index (χ2n) is 8.63. The fraction of sp³-hybridized carbons (Fsp3) is 0.455. The van der Waals surface area contributed by atoms with Gasteiger partial charge >= 0.3 is 5.69 Å². The number of aryl methyl sites for hydroxylation is 2. The maximum atomic E-state index is 12.8. The van der Waals surface area contributed by atoms with Gasteiger partial charge in [-0.05, 0) is 42.8 Å². The lowest BCUT2D eigenvalue weighted by molar-refractivity contribution is -0.00588. The molecule has 0 spiro atoms. The average Bonchev–Trinajstić information content (AvgIpc) is 3.45. The lowest BCUT2D eigenvalue weighted by atomic mass is 10.2. The molecule has 12 nitrogen and oxygen atoms in total. The van der Waals surface area contributed by atoms with Crippen LogP contribution < -0.4 is 16.1 Å². The van der Waals surface area contributed by atoms with Crippen LogP contribution in [0.3, 0.4) is 0 Å². The number of H-pyrrole nitrogens is 1. The number of anilines is 1. The highest BCUT2D eigenvalue weighted by molar-refractivity contribution is 7.99. The van der Waals surface area contributed by atoms with E-state index in [1.54, 1.807) is 23.5 Å². The van der Waals surface area contributed by atoms with Crippen molar-refractivity contribution in [3.05, 3.63) is 51.2 Å². The summed E-state index contributed by atoms with van der Waals surface area (Å²) in [6.07, 6.45) is 0.797. The molecular formula is C22H27N9O3S. The maximum Gasteiger partial charge on any atom is 0.329 e. The number of hydrogen-bond donors (Lipinski definition) is 1. The summed E-state index contributed by atoms with van der Waals surface area (Å²) in [5.41, 5.74) is 0.753. The Morgan fingerprint density at radius 3 is 2.63 bits per heavy atom. The van der Waals surface area contributed by atoms with Crippen LogP contribution in [0.25, 0.3) is 16.9 Å². The number of thioether (sulfide) groups is 1. The highest BCUT2D eigenvalue weighted by Crippen LogP contribution is 2.25. The highest BCUT2D eigenvalue weighted by Gasteiger charge is 2.28. The molecular weight excluding hydrogens is 470 g/mol. The molecule has 0 amide bonds. The van der Waals surface area contributed by atoms with E-state index in [0.717, 1.165) is 17.9 Å². The van der Waals surface area contributed by atoms with Crippen LogP contribution in [0, 0.1) is 0 Å². The summed E-state index contributed by atoms with van der Waals surface area (Å²) in [6, 6.07) is 9.72. The summed E-state index contributed by atoms with van der Waals surface area (Å²) < 4.78 is 10.9. The molecule has 1 saturated heterocycles. The van der Waals surface area contributed by atoms with Gasteiger partial charge in [0.25, 0.3) is 5.56 Å². The monoisotopic (exact) mass is 497 g/mol. The number of rotatable bonds is 7. The Labute approximate surface area is 204 Å². The van der Waals surface area contributed by atoms with Crippen molar-refractivity contribution >= 4 is 28.9 Å². The number of benzene rings is 1. The van der Waals surface area contributed by atoms with E-state index in [9.17, 15) is 9.59 Å². The lowest BCUT2D eigenvalue weighted by Crippen LogP contribution is -2.46. The van der Waals surface area contributed by atoms with E-state index in [1.165, 1.54) is 4.57 Å². The molecule has 1 N–H and O–H groups in total. The first kappa shape index (κ1) is 23.3. The van der Waals surface area contributed by atoms with E-state index in [-0.39, 0.29) is 12.2 Å². The van der Waals surface area contributed by atoms with Crippen molar-refractivity contribution in [2.75, 3.05) is 23.7 Å². The first-order valence-corrected chi connectivity index (χ1v) is 12.5. The number of imidazole rings is 1. The van der Waals surface area contributed by atoms with Crippen LogP contribution in [0.1, 0.15) is 20.3 Å². The number of fused-ring (bicyclic) bond motifs is 1. The number of para-hydroxylation sites is 1. The van der Waals surface area contributed by atoms with Crippen LogP contribution in [0.2, 0.25) is 0 Å². The molecule has 0 radical (unpaired) electrons. The Balaban J connectivity index is 1.40. The van der Waals surface area contributed by atoms with E-state index in [4.69, 9.17) is 9.72 Å². The number of nitrogens with zero attached hydrogens (tertiary/aromatic N) is 8. The summed E-state index contributed by atoms with van der Waals surface area (Å²) in [5, 5.41) is 12.8. The van der Waals surface area contributed by atoms with E-state index >= 15 is 0 Å².